The Morgan fingerprint density at radius 2 is 2.17 bits per heavy atom. The number of furan rings is 1. The third-order valence-electron chi connectivity index (χ3n) is 4.06. The zero-order valence-corrected chi connectivity index (χ0v) is 13.5. The van der Waals surface area contributed by atoms with Crippen molar-refractivity contribution in [3.8, 4) is 6.07 Å². The van der Waals surface area contributed by atoms with E-state index in [1.54, 1.807) is 13.0 Å². The summed E-state index contributed by atoms with van der Waals surface area (Å²) in [5, 5.41) is 13.2. The van der Waals surface area contributed by atoms with Crippen LogP contribution in [0.1, 0.15) is 30.7 Å². The molecule has 5 nitrogen and oxygen atoms in total. The molecule has 0 unspecified atom stereocenters. The standard InChI is InChI=1S/C19H16N2O3/c1-11-8-17(23)16(12(2)22)10-21-7-6-15-14-5-3-4-13(9-20)19(14)24-18(11)15/h3-5,8,10,21H,6-7H2,1-2H3/b11-8+,16-10-. The van der Waals surface area contributed by atoms with Crippen LogP contribution in [0.5, 0.6) is 0 Å². The number of fused-ring (bicyclic) bond motifs is 3. The molecular weight excluding hydrogens is 304 g/mol. The van der Waals surface area contributed by atoms with Crippen molar-refractivity contribution < 1.29 is 14.0 Å². The molecule has 0 aliphatic carbocycles. The highest BCUT2D eigenvalue weighted by molar-refractivity contribution is 6.24. The van der Waals surface area contributed by atoms with Crippen LogP contribution in [-0.4, -0.2) is 18.1 Å². The molecular formula is C19H16N2O3. The van der Waals surface area contributed by atoms with Crippen LogP contribution in [0.2, 0.25) is 0 Å². The highest BCUT2D eigenvalue weighted by Crippen LogP contribution is 2.33. The van der Waals surface area contributed by atoms with Gasteiger partial charge in [0.05, 0.1) is 11.1 Å². The molecule has 0 fully saturated rings. The summed E-state index contributed by atoms with van der Waals surface area (Å²) in [6.07, 6.45) is 3.54. The van der Waals surface area contributed by atoms with Gasteiger partial charge in [-0.1, -0.05) is 12.1 Å². The average molecular weight is 320 g/mol. The van der Waals surface area contributed by atoms with E-state index in [9.17, 15) is 14.9 Å². The fraction of sp³-hybridized carbons (Fsp3) is 0.211. The molecule has 1 N–H and O–H groups in total. The molecule has 3 rings (SSSR count). The van der Waals surface area contributed by atoms with Gasteiger partial charge in [-0.05, 0) is 38.0 Å². The molecule has 0 atom stereocenters. The largest absolute Gasteiger partial charge is 0.455 e. The van der Waals surface area contributed by atoms with Gasteiger partial charge in [-0.2, -0.15) is 5.26 Å². The van der Waals surface area contributed by atoms with Crippen molar-refractivity contribution in [2.75, 3.05) is 6.54 Å². The van der Waals surface area contributed by atoms with Crippen LogP contribution >= 0.6 is 0 Å². The molecule has 1 aromatic carbocycles. The maximum atomic E-state index is 12.3. The number of hydrogen-bond donors (Lipinski definition) is 1. The number of carbonyl (C=O) groups is 2. The maximum absolute atomic E-state index is 12.3. The number of rotatable bonds is 1. The molecule has 1 aliphatic rings. The van der Waals surface area contributed by atoms with E-state index < -0.39 is 0 Å². The number of para-hydroxylation sites is 1. The number of hydrogen-bond acceptors (Lipinski definition) is 5. The number of allylic oxidation sites excluding steroid dienone is 3. The summed E-state index contributed by atoms with van der Waals surface area (Å²) >= 11 is 0. The Kier molecular flexibility index (Phi) is 4.05. The van der Waals surface area contributed by atoms with Crippen molar-refractivity contribution in [3.63, 3.8) is 0 Å². The number of Topliss-reactive ketones (excluding diaryl/α,β-unsaturated/α-hetero) is 1. The van der Waals surface area contributed by atoms with Crippen LogP contribution in [0, 0.1) is 11.3 Å². The molecule has 1 aromatic heterocycles. The van der Waals surface area contributed by atoms with Crippen molar-refractivity contribution in [2.45, 2.75) is 20.3 Å². The zero-order chi connectivity index (χ0) is 17.3. The second-order valence-corrected chi connectivity index (χ2v) is 5.71. The molecule has 1 aliphatic heterocycles. The summed E-state index contributed by atoms with van der Waals surface area (Å²) < 4.78 is 5.93. The Morgan fingerprint density at radius 3 is 2.88 bits per heavy atom. The molecule has 0 saturated carbocycles. The van der Waals surface area contributed by atoms with Crippen molar-refractivity contribution in [1.82, 2.24) is 5.32 Å². The minimum absolute atomic E-state index is 0.117. The van der Waals surface area contributed by atoms with Gasteiger partial charge >= 0.3 is 0 Å². The smallest absolute Gasteiger partial charge is 0.191 e. The SMILES string of the molecule is CC(=O)/C1=C/NCCc2c(oc3c(C#N)cccc23)/C(C)=C/C1=O. The Morgan fingerprint density at radius 1 is 1.38 bits per heavy atom. The second-order valence-electron chi connectivity index (χ2n) is 5.71. The molecule has 0 radical (unpaired) electrons. The predicted molar refractivity (Wildman–Crippen MR) is 90.1 cm³/mol. The lowest BCUT2D eigenvalue weighted by molar-refractivity contribution is -0.118. The summed E-state index contributed by atoms with van der Waals surface area (Å²) in [6.45, 7) is 3.69. The van der Waals surface area contributed by atoms with Gasteiger partial charge in [0, 0.05) is 23.7 Å². The topological polar surface area (TPSA) is 83.1 Å². The molecule has 0 spiro atoms. The van der Waals surface area contributed by atoms with Gasteiger partial charge in [0.1, 0.15) is 11.8 Å². The zero-order valence-electron chi connectivity index (χ0n) is 13.5. The lowest BCUT2D eigenvalue weighted by Crippen LogP contribution is -2.17. The fourth-order valence-electron chi connectivity index (χ4n) is 2.88. The molecule has 120 valence electrons. The van der Waals surface area contributed by atoms with Crippen LogP contribution in [0.25, 0.3) is 16.5 Å². The Balaban J connectivity index is 2.21. The molecule has 2 heterocycles. The van der Waals surface area contributed by atoms with Gasteiger partial charge in [0.25, 0.3) is 0 Å². The molecule has 0 bridgehead atoms. The van der Waals surface area contributed by atoms with Crippen LogP contribution < -0.4 is 5.32 Å². The second kappa shape index (κ2) is 6.17. The summed E-state index contributed by atoms with van der Waals surface area (Å²) in [7, 11) is 0. The van der Waals surface area contributed by atoms with Crippen molar-refractivity contribution in [3.05, 3.63) is 52.9 Å². The monoisotopic (exact) mass is 320 g/mol. The van der Waals surface area contributed by atoms with E-state index in [2.05, 4.69) is 11.4 Å². The predicted octanol–water partition coefficient (Wildman–Crippen LogP) is 2.90. The number of benzene rings is 1. The maximum Gasteiger partial charge on any atom is 0.191 e. The number of nitrogens with one attached hydrogen (secondary N) is 1. The number of ketones is 2. The molecule has 2 aromatic rings. The van der Waals surface area contributed by atoms with Gasteiger partial charge in [-0.3, -0.25) is 9.59 Å². The normalized spacial score (nSPS) is 19.3. The summed E-state index contributed by atoms with van der Waals surface area (Å²) in [4.78, 5) is 24.0. The average Bonchev–Trinajstić information content (AvgIpc) is 2.92. The van der Waals surface area contributed by atoms with Gasteiger partial charge in [0.15, 0.2) is 17.1 Å². The first-order chi connectivity index (χ1) is 11.5. The van der Waals surface area contributed by atoms with E-state index in [1.807, 2.05) is 12.1 Å². The highest BCUT2D eigenvalue weighted by Gasteiger charge is 2.20. The first kappa shape index (κ1) is 15.8. The minimum atomic E-state index is -0.360. The number of nitriles is 1. The Hall–Kier alpha value is -3.13. The van der Waals surface area contributed by atoms with Gasteiger partial charge in [0.2, 0.25) is 0 Å². The van der Waals surface area contributed by atoms with E-state index in [4.69, 9.17) is 4.42 Å². The highest BCUT2D eigenvalue weighted by atomic mass is 16.3. The first-order valence-electron chi connectivity index (χ1n) is 7.65. The lowest BCUT2D eigenvalue weighted by atomic mass is 9.99. The Labute approximate surface area is 139 Å². The molecule has 24 heavy (non-hydrogen) atoms. The van der Waals surface area contributed by atoms with E-state index in [-0.39, 0.29) is 17.1 Å². The summed E-state index contributed by atoms with van der Waals surface area (Å²) in [6, 6.07) is 7.57. The molecule has 0 amide bonds. The molecule has 0 saturated heterocycles. The van der Waals surface area contributed by atoms with Crippen molar-refractivity contribution in [2.24, 2.45) is 0 Å². The van der Waals surface area contributed by atoms with E-state index in [0.717, 1.165) is 10.9 Å². The fourth-order valence-corrected chi connectivity index (χ4v) is 2.88. The van der Waals surface area contributed by atoms with Crippen molar-refractivity contribution >= 4 is 28.1 Å². The number of carbonyl (C=O) groups excluding carboxylic acids is 2. The van der Waals surface area contributed by atoms with Crippen LogP contribution in [0.4, 0.5) is 0 Å². The van der Waals surface area contributed by atoms with Gasteiger partial charge < -0.3 is 9.73 Å². The van der Waals surface area contributed by atoms with Crippen LogP contribution in [-0.2, 0) is 16.0 Å². The van der Waals surface area contributed by atoms with E-state index in [0.29, 0.717) is 35.4 Å². The third-order valence-corrected chi connectivity index (χ3v) is 4.06. The Bertz CT molecular complexity index is 955. The first-order valence-corrected chi connectivity index (χ1v) is 7.65. The lowest BCUT2D eigenvalue weighted by Gasteiger charge is -2.08. The van der Waals surface area contributed by atoms with Crippen LogP contribution in [0.3, 0.4) is 0 Å². The van der Waals surface area contributed by atoms with Crippen LogP contribution in [0.15, 0.2) is 40.5 Å². The van der Waals surface area contributed by atoms with Crippen molar-refractivity contribution in [1.29, 1.82) is 5.26 Å². The minimum Gasteiger partial charge on any atom is -0.455 e. The van der Waals surface area contributed by atoms with Gasteiger partial charge in [-0.25, -0.2) is 0 Å². The quantitative estimate of drug-likeness (QED) is 0.817. The third kappa shape index (κ3) is 2.63. The summed E-state index contributed by atoms with van der Waals surface area (Å²) in [5.41, 5.74) is 2.71. The van der Waals surface area contributed by atoms with E-state index in [1.165, 1.54) is 19.2 Å². The molecule has 5 heteroatoms. The van der Waals surface area contributed by atoms with Gasteiger partial charge in [-0.15, -0.1) is 0 Å². The summed E-state index contributed by atoms with van der Waals surface area (Å²) in [5.74, 6) is -0.0531. The number of nitrogens with zero attached hydrogens (tertiary/aromatic N) is 1. The van der Waals surface area contributed by atoms with E-state index >= 15 is 0 Å².